The number of benzene rings is 1. The van der Waals surface area contributed by atoms with Crippen LogP contribution >= 0.6 is 12.4 Å². The minimum atomic E-state index is -0.440. The Labute approximate surface area is 179 Å². The molecule has 0 atom stereocenters. The number of likely N-dealkylation sites (tertiary alicyclic amines) is 1. The van der Waals surface area contributed by atoms with E-state index in [4.69, 9.17) is 4.42 Å². The molecule has 2 aliphatic heterocycles. The van der Waals surface area contributed by atoms with E-state index in [1.165, 1.54) is 31.4 Å². The second-order valence-corrected chi connectivity index (χ2v) is 7.70. The van der Waals surface area contributed by atoms with Crippen LogP contribution in [0.5, 0.6) is 0 Å². The highest BCUT2D eigenvalue weighted by atomic mass is 35.5. The summed E-state index contributed by atoms with van der Waals surface area (Å²) in [6.45, 7) is 3.23. The smallest absolute Gasteiger partial charge is 0.256 e. The molecule has 1 aromatic carbocycles. The van der Waals surface area contributed by atoms with Gasteiger partial charge in [-0.3, -0.25) is 14.3 Å². The first-order valence-electron chi connectivity index (χ1n) is 9.89. The normalized spacial score (nSPS) is 16.6. The third kappa shape index (κ3) is 3.61. The van der Waals surface area contributed by atoms with Crippen molar-refractivity contribution in [3.63, 3.8) is 0 Å². The van der Waals surface area contributed by atoms with Crippen LogP contribution in [-0.4, -0.2) is 50.4 Å². The van der Waals surface area contributed by atoms with Crippen molar-refractivity contribution >= 4 is 18.3 Å². The van der Waals surface area contributed by atoms with Gasteiger partial charge in [0, 0.05) is 7.05 Å². The van der Waals surface area contributed by atoms with Crippen LogP contribution < -0.4 is 0 Å². The minimum absolute atomic E-state index is 0. The Balaban J connectivity index is 0.00000218. The van der Waals surface area contributed by atoms with E-state index in [1.807, 2.05) is 4.57 Å². The van der Waals surface area contributed by atoms with Crippen molar-refractivity contribution in [2.75, 3.05) is 20.1 Å². The molecule has 2 aromatic heterocycles. The zero-order valence-corrected chi connectivity index (χ0v) is 17.5. The summed E-state index contributed by atoms with van der Waals surface area (Å²) in [5.74, 6) is 0.582. The average molecular weight is 432 g/mol. The lowest BCUT2D eigenvalue weighted by Gasteiger charge is -2.24. The van der Waals surface area contributed by atoms with E-state index in [0.717, 1.165) is 31.1 Å². The number of hydrogen-bond donors (Lipinski definition) is 0. The predicted octanol–water partition coefficient (Wildman–Crippen LogP) is 3.66. The Morgan fingerprint density at radius 1 is 1.17 bits per heavy atom. The van der Waals surface area contributed by atoms with Gasteiger partial charge in [-0.25, -0.2) is 14.4 Å². The molecular weight excluding hydrogens is 409 g/mol. The summed E-state index contributed by atoms with van der Waals surface area (Å²) in [6, 6.07) is 4.22. The number of oxazole rings is 1. The number of amides is 1. The molecule has 158 valence electrons. The van der Waals surface area contributed by atoms with Gasteiger partial charge in [-0.2, -0.15) is 0 Å². The van der Waals surface area contributed by atoms with E-state index in [0.29, 0.717) is 29.4 Å². The van der Waals surface area contributed by atoms with Crippen molar-refractivity contribution < 1.29 is 13.6 Å². The van der Waals surface area contributed by atoms with E-state index in [1.54, 1.807) is 30.5 Å². The van der Waals surface area contributed by atoms with Gasteiger partial charge < -0.3 is 9.32 Å². The number of halogens is 2. The molecule has 0 saturated carbocycles. The molecular formula is C21H23ClFN5O2. The van der Waals surface area contributed by atoms with Crippen LogP contribution in [-0.2, 0) is 13.1 Å². The SMILES string of the molecule is CN1Cc2c(-c3ncc(CN4CCCCC4)o3)ncn2-c2ccc(F)cc2C1=O.Cl. The largest absolute Gasteiger partial charge is 0.438 e. The van der Waals surface area contributed by atoms with Crippen molar-refractivity contribution in [3.8, 4) is 17.3 Å². The molecule has 5 rings (SSSR count). The first-order chi connectivity index (χ1) is 14.1. The Morgan fingerprint density at radius 3 is 2.77 bits per heavy atom. The maximum Gasteiger partial charge on any atom is 0.256 e. The van der Waals surface area contributed by atoms with Crippen molar-refractivity contribution in [2.24, 2.45) is 0 Å². The monoisotopic (exact) mass is 431 g/mol. The second-order valence-electron chi connectivity index (χ2n) is 7.70. The van der Waals surface area contributed by atoms with E-state index in [-0.39, 0.29) is 18.3 Å². The van der Waals surface area contributed by atoms with Crippen LogP contribution in [0, 0.1) is 5.82 Å². The summed E-state index contributed by atoms with van der Waals surface area (Å²) in [4.78, 5) is 25.6. The molecule has 9 heteroatoms. The van der Waals surface area contributed by atoms with Crippen LogP contribution in [0.4, 0.5) is 4.39 Å². The molecule has 0 spiro atoms. The predicted molar refractivity (Wildman–Crippen MR) is 111 cm³/mol. The summed E-state index contributed by atoms with van der Waals surface area (Å²) in [5.41, 5.74) is 2.31. The molecule has 0 unspecified atom stereocenters. The Hall–Kier alpha value is -2.71. The molecule has 0 bridgehead atoms. The van der Waals surface area contributed by atoms with Gasteiger partial charge in [-0.05, 0) is 44.1 Å². The fourth-order valence-corrected chi connectivity index (χ4v) is 4.13. The van der Waals surface area contributed by atoms with Crippen molar-refractivity contribution in [2.45, 2.75) is 32.4 Å². The zero-order valence-electron chi connectivity index (χ0n) is 16.7. The lowest BCUT2D eigenvalue weighted by atomic mass is 10.1. The Bertz CT molecular complexity index is 1070. The molecule has 7 nitrogen and oxygen atoms in total. The summed E-state index contributed by atoms with van der Waals surface area (Å²) < 4.78 is 21.6. The van der Waals surface area contributed by atoms with E-state index >= 15 is 0 Å². The van der Waals surface area contributed by atoms with E-state index < -0.39 is 5.82 Å². The first kappa shape index (κ1) is 20.6. The van der Waals surface area contributed by atoms with Gasteiger partial charge >= 0.3 is 0 Å². The number of carbonyl (C=O) groups excluding carboxylic acids is 1. The fraction of sp³-hybridized carbons (Fsp3) is 0.381. The van der Waals surface area contributed by atoms with Gasteiger partial charge in [-0.15, -0.1) is 12.4 Å². The molecule has 4 heterocycles. The van der Waals surface area contributed by atoms with E-state index in [2.05, 4.69) is 14.9 Å². The molecule has 1 saturated heterocycles. The van der Waals surface area contributed by atoms with Crippen LogP contribution in [0.3, 0.4) is 0 Å². The number of rotatable bonds is 3. The molecule has 0 radical (unpaired) electrons. The quantitative estimate of drug-likeness (QED) is 0.633. The summed E-state index contributed by atoms with van der Waals surface area (Å²) in [7, 11) is 1.70. The molecule has 0 aliphatic carbocycles. The van der Waals surface area contributed by atoms with Crippen molar-refractivity contribution in [1.29, 1.82) is 0 Å². The lowest BCUT2D eigenvalue weighted by molar-refractivity contribution is 0.0787. The second kappa shape index (κ2) is 8.20. The van der Waals surface area contributed by atoms with Crippen LogP contribution in [0.1, 0.15) is 41.1 Å². The zero-order chi connectivity index (χ0) is 20.0. The maximum absolute atomic E-state index is 13.7. The van der Waals surface area contributed by atoms with E-state index in [9.17, 15) is 9.18 Å². The fourth-order valence-electron chi connectivity index (χ4n) is 4.13. The highest BCUT2D eigenvalue weighted by Gasteiger charge is 2.28. The third-order valence-electron chi connectivity index (χ3n) is 5.63. The number of carbonyl (C=O) groups is 1. The first-order valence-corrected chi connectivity index (χ1v) is 9.89. The summed E-state index contributed by atoms with van der Waals surface area (Å²) in [5, 5.41) is 0. The minimum Gasteiger partial charge on any atom is -0.438 e. The van der Waals surface area contributed by atoms with Gasteiger partial charge in [0.1, 0.15) is 23.6 Å². The summed E-state index contributed by atoms with van der Waals surface area (Å²) >= 11 is 0. The van der Waals surface area contributed by atoms with Gasteiger partial charge in [0.15, 0.2) is 0 Å². The third-order valence-corrected chi connectivity index (χ3v) is 5.63. The highest BCUT2D eigenvalue weighted by molar-refractivity contribution is 5.98. The van der Waals surface area contributed by atoms with Gasteiger partial charge in [-0.1, -0.05) is 6.42 Å². The topological polar surface area (TPSA) is 67.4 Å². The number of piperidine rings is 1. The van der Waals surface area contributed by atoms with Crippen molar-refractivity contribution in [3.05, 3.63) is 53.6 Å². The lowest BCUT2D eigenvalue weighted by Crippen LogP contribution is -2.28. The summed E-state index contributed by atoms with van der Waals surface area (Å²) in [6.07, 6.45) is 7.12. The Morgan fingerprint density at radius 2 is 1.97 bits per heavy atom. The molecule has 0 N–H and O–H groups in total. The maximum atomic E-state index is 13.7. The number of aromatic nitrogens is 3. The molecule has 1 fully saturated rings. The Kier molecular flexibility index (Phi) is 5.62. The molecule has 3 aromatic rings. The number of fused-ring (bicyclic) bond motifs is 3. The van der Waals surface area contributed by atoms with Gasteiger partial charge in [0.25, 0.3) is 5.91 Å². The number of nitrogens with zero attached hydrogens (tertiary/aromatic N) is 5. The number of imidazole rings is 1. The molecule has 2 aliphatic rings. The van der Waals surface area contributed by atoms with Crippen LogP contribution in [0.2, 0.25) is 0 Å². The standard InChI is InChI=1S/C21H22FN5O2.ClH/c1-25-12-18-19(20-23-10-15(29-20)11-26-7-3-2-4-8-26)24-13-27(18)17-6-5-14(22)9-16(17)21(25)28;/h5-6,9-10,13H,2-4,7-8,11-12H2,1H3;1H. The molecule has 30 heavy (non-hydrogen) atoms. The molecule has 1 amide bonds. The van der Waals surface area contributed by atoms with Gasteiger partial charge in [0.2, 0.25) is 5.89 Å². The highest BCUT2D eigenvalue weighted by Crippen LogP contribution is 2.31. The van der Waals surface area contributed by atoms with Crippen molar-refractivity contribution in [1.82, 2.24) is 24.3 Å². The van der Waals surface area contributed by atoms with Gasteiger partial charge in [0.05, 0.1) is 36.2 Å². The number of hydrogen-bond acceptors (Lipinski definition) is 5. The van der Waals surface area contributed by atoms with Crippen LogP contribution in [0.15, 0.2) is 35.1 Å². The average Bonchev–Trinajstić information content (AvgIpc) is 3.33. The van der Waals surface area contributed by atoms with Crippen LogP contribution in [0.25, 0.3) is 17.3 Å².